The van der Waals surface area contributed by atoms with Crippen LogP contribution in [0, 0.1) is 0 Å². The summed E-state index contributed by atoms with van der Waals surface area (Å²) < 4.78 is 6.97. The molecule has 2 heterocycles. The van der Waals surface area contributed by atoms with E-state index in [1.54, 1.807) is 30.2 Å². The Morgan fingerprint density at radius 3 is 3.05 bits per heavy atom. The maximum Gasteiger partial charge on any atom is 0.219 e. The van der Waals surface area contributed by atoms with Gasteiger partial charge in [0, 0.05) is 25.8 Å². The summed E-state index contributed by atoms with van der Waals surface area (Å²) in [5.41, 5.74) is 5.23. The second kappa shape index (κ2) is 7.41. The van der Waals surface area contributed by atoms with E-state index in [0.717, 1.165) is 21.6 Å². The lowest BCUT2D eigenvalue weighted by atomic mass is 10.4. The van der Waals surface area contributed by atoms with Crippen LogP contribution in [0.25, 0.3) is 10.7 Å². The minimum atomic E-state index is -0.330. The van der Waals surface area contributed by atoms with Gasteiger partial charge in [-0.2, -0.15) is 0 Å². The van der Waals surface area contributed by atoms with Gasteiger partial charge in [0.15, 0.2) is 11.0 Å². The Hall–Kier alpha value is -1.38. The molecule has 20 heavy (non-hydrogen) atoms. The zero-order valence-corrected chi connectivity index (χ0v) is 12.7. The fourth-order valence-corrected chi connectivity index (χ4v) is 3.21. The van der Waals surface area contributed by atoms with Gasteiger partial charge in [0.1, 0.15) is 0 Å². The SMILES string of the molecule is COCCSc1nnc(-c2cccs2)n1CCC(N)=O. The van der Waals surface area contributed by atoms with Crippen molar-refractivity contribution in [1.82, 2.24) is 14.8 Å². The molecule has 0 aromatic carbocycles. The number of aromatic nitrogens is 3. The van der Waals surface area contributed by atoms with Crippen LogP contribution in [-0.2, 0) is 16.1 Å². The maximum atomic E-state index is 11.0. The van der Waals surface area contributed by atoms with Crippen molar-refractivity contribution in [3.8, 4) is 10.7 Å². The van der Waals surface area contributed by atoms with Crippen molar-refractivity contribution in [3.05, 3.63) is 17.5 Å². The van der Waals surface area contributed by atoms with Crippen LogP contribution >= 0.6 is 23.1 Å². The molecule has 0 atom stereocenters. The van der Waals surface area contributed by atoms with Crippen molar-refractivity contribution in [3.63, 3.8) is 0 Å². The predicted molar refractivity (Wildman–Crippen MR) is 79.7 cm³/mol. The van der Waals surface area contributed by atoms with E-state index in [-0.39, 0.29) is 12.3 Å². The van der Waals surface area contributed by atoms with Crippen LogP contribution in [0.5, 0.6) is 0 Å². The van der Waals surface area contributed by atoms with Gasteiger partial charge in [0.25, 0.3) is 0 Å². The first-order valence-electron chi connectivity index (χ1n) is 6.09. The maximum absolute atomic E-state index is 11.0. The summed E-state index contributed by atoms with van der Waals surface area (Å²) in [4.78, 5) is 12.0. The molecule has 0 fully saturated rings. The molecule has 0 saturated carbocycles. The van der Waals surface area contributed by atoms with Crippen LogP contribution in [-0.4, -0.2) is 40.1 Å². The van der Waals surface area contributed by atoms with Gasteiger partial charge in [-0.1, -0.05) is 17.8 Å². The zero-order valence-electron chi connectivity index (χ0n) is 11.1. The normalized spacial score (nSPS) is 10.8. The highest BCUT2D eigenvalue weighted by Gasteiger charge is 2.15. The highest BCUT2D eigenvalue weighted by molar-refractivity contribution is 7.99. The van der Waals surface area contributed by atoms with E-state index >= 15 is 0 Å². The van der Waals surface area contributed by atoms with Crippen LogP contribution < -0.4 is 5.73 Å². The number of thiophene rings is 1. The molecule has 0 aliphatic heterocycles. The van der Waals surface area contributed by atoms with Crippen LogP contribution in [0.15, 0.2) is 22.7 Å². The van der Waals surface area contributed by atoms with Crippen molar-refractivity contribution in [2.24, 2.45) is 5.73 Å². The molecule has 8 heteroatoms. The number of hydrogen-bond acceptors (Lipinski definition) is 6. The number of carbonyl (C=O) groups is 1. The molecule has 0 aliphatic rings. The first-order chi connectivity index (χ1) is 9.72. The van der Waals surface area contributed by atoms with Gasteiger partial charge in [-0.3, -0.25) is 4.79 Å². The lowest BCUT2D eigenvalue weighted by molar-refractivity contribution is -0.118. The number of primary amides is 1. The topological polar surface area (TPSA) is 83.0 Å². The average molecular weight is 312 g/mol. The zero-order chi connectivity index (χ0) is 14.4. The van der Waals surface area contributed by atoms with E-state index in [4.69, 9.17) is 10.5 Å². The van der Waals surface area contributed by atoms with E-state index in [9.17, 15) is 4.79 Å². The standard InChI is InChI=1S/C12H16N4O2S2/c1-18-6-8-20-12-15-14-11(9-3-2-7-19-9)16(12)5-4-10(13)17/h2-3,7H,4-6,8H2,1H3,(H2,13,17). The van der Waals surface area contributed by atoms with Gasteiger partial charge in [-0.15, -0.1) is 21.5 Å². The van der Waals surface area contributed by atoms with Gasteiger partial charge in [0.05, 0.1) is 11.5 Å². The molecule has 0 unspecified atom stereocenters. The van der Waals surface area contributed by atoms with Gasteiger partial charge in [-0.05, 0) is 11.4 Å². The molecule has 2 N–H and O–H groups in total. The Morgan fingerprint density at radius 1 is 1.55 bits per heavy atom. The summed E-state index contributed by atoms with van der Waals surface area (Å²) in [7, 11) is 1.66. The first kappa shape index (κ1) is 15.0. The molecule has 0 saturated heterocycles. The van der Waals surface area contributed by atoms with Crippen molar-refractivity contribution in [1.29, 1.82) is 0 Å². The minimum absolute atomic E-state index is 0.272. The Balaban J connectivity index is 2.20. The fourth-order valence-electron chi connectivity index (χ4n) is 1.62. The smallest absolute Gasteiger partial charge is 0.219 e. The van der Waals surface area contributed by atoms with Crippen molar-refractivity contribution < 1.29 is 9.53 Å². The number of methoxy groups -OCH3 is 1. The van der Waals surface area contributed by atoms with E-state index in [1.807, 2.05) is 22.1 Å². The van der Waals surface area contributed by atoms with Crippen LogP contribution in [0.3, 0.4) is 0 Å². The molecular formula is C12H16N4O2S2. The van der Waals surface area contributed by atoms with Gasteiger partial charge in [0.2, 0.25) is 5.91 Å². The minimum Gasteiger partial charge on any atom is -0.384 e. The van der Waals surface area contributed by atoms with E-state index in [2.05, 4.69) is 10.2 Å². The molecule has 0 spiro atoms. The Kier molecular flexibility index (Phi) is 5.57. The van der Waals surface area contributed by atoms with Crippen LogP contribution in [0.2, 0.25) is 0 Å². The number of ether oxygens (including phenoxy) is 1. The van der Waals surface area contributed by atoms with Crippen molar-refractivity contribution in [2.45, 2.75) is 18.1 Å². The van der Waals surface area contributed by atoms with Crippen molar-refractivity contribution in [2.75, 3.05) is 19.5 Å². The lowest BCUT2D eigenvalue weighted by Gasteiger charge is -2.07. The molecule has 108 valence electrons. The first-order valence-corrected chi connectivity index (χ1v) is 7.96. The summed E-state index contributed by atoms with van der Waals surface area (Å²) in [6.07, 6.45) is 0.272. The monoisotopic (exact) mass is 312 g/mol. The number of rotatable bonds is 8. The molecule has 1 amide bonds. The summed E-state index contributed by atoms with van der Waals surface area (Å²) in [5, 5.41) is 11.2. The lowest BCUT2D eigenvalue weighted by Crippen LogP contribution is -2.15. The van der Waals surface area contributed by atoms with Gasteiger partial charge in [-0.25, -0.2) is 0 Å². The third-order valence-electron chi connectivity index (χ3n) is 2.56. The molecular weight excluding hydrogens is 296 g/mol. The molecule has 0 bridgehead atoms. The van der Waals surface area contributed by atoms with E-state index < -0.39 is 0 Å². The summed E-state index contributed by atoms with van der Waals surface area (Å²) in [6, 6.07) is 3.95. The van der Waals surface area contributed by atoms with Crippen LogP contribution in [0.4, 0.5) is 0 Å². The Morgan fingerprint density at radius 2 is 2.40 bits per heavy atom. The Bertz CT molecular complexity index is 554. The molecule has 0 aliphatic carbocycles. The molecule has 2 aromatic rings. The number of carbonyl (C=O) groups excluding carboxylic acids is 1. The highest BCUT2D eigenvalue weighted by atomic mass is 32.2. The summed E-state index contributed by atoms with van der Waals surface area (Å²) in [6.45, 7) is 1.13. The molecule has 6 nitrogen and oxygen atoms in total. The van der Waals surface area contributed by atoms with Gasteiger partial charge < -0.3 is 15.0 Å². The quantitative estimate of drug-likeness (QED) is 0.591. The molecule has 2 aromatic heterocycles. The van der Waals surface area contributed by atoms with Crippen molar-refractivity contribution >= 4 is 29.0 Å². The highest BCUT2D eigenvalue weighted by Crippen LogP contribution is 2.27. The van der Waals surface area contributed by atoms with Crippen LogP contribution in [0.1, 0.15) is 6.42 Å². The number of amides is 1. The van der Waals surface area contributed by atoms with E-state index in [0.29, 0.717) is 13.2 Å². The van der Waals surface area contributed by atoms with E-state index in [1.165, 1.54) is 0 Å². The third kappa shape index (κ3) is 3.81. The largest absolute Gasteiger partial charge is 0.384 e. The number of nitrogens with zero attached hydrogens (tertiary/aromatic N) is 3. The molecule has 2 rings (SSSR count). The summed E-state index contributed by atoms with van der Waals surface area (Å²) >= 11 is 3.15. The number of nitrogens with two attached hydrogens (primary N) is 1. The average Bonchev–Trinajstić information content (AvgIpc) is 3.05. The number of thioether (sulfide) groups is 1. The second-order valence-electron chi connectivity index (χ2n) is 3.99. The number of hydrogen-bond donors (Lipinski definition) is 1. The summed E-state index contributed by atoms with van der Waals surface area (Å²) in [5.74, 6) is 1.24. The third-order valence-corrected chi connectivity index (χ3v) is 4.36. The predicted octanol–water partition coefficient (Wildman–Crippen LogP) is 1.62. The van der Waals surface area contributed by atoms with Gasteiger partial charge >= 0.3 is 0 Å². The second-order valence-corrected chi connectivity index (χ2v) is 6.00. The fraction of sp³-hybridized carbons (Fsp3) is 0.417. The Labute approximate surface area is 125 Å². The molecule has 0 radical (unpaired) electrons.